The van der Waals surface area contributed by atoms with Crippen LogP contribution < -0.4 is 20.3 Å². The zero-order chi connectivity index (χ0) is 16.7. The Morgan fingerprint density at radius 1 is 1.25 bits per heavy atom. The van der Waals surface area contributed by atoms with E-state index in [-0.39, 0.29) is 18.1 Å². The Morgan fingerprint density at radius 2 is 2.04 bits per heavy atom. The highest BCUT2D eigenvalue weighted by molar-refractivity contribution is 5.99. The molecule has 6 nitrogen and oxygen atoms in total. The van der Waals surface area contributed by atoms with E-state index in [4.69, 9.17) is 15.2 Å². The molecule has 1 aromatic carbocycles. The van der Waals surface area contributed by atoms with E-state index in [2.05, 4.69) is 11.0 Å². The molecule has 4 rings (SSSR count). The fourth-order valence-corrected chi connectivity index (χ4v) is 4.03. The summed E-state index contributed by atoms with van der Waals surface area (Å²) in [7, 11) is 1.76. The summed E-state index contributed by atoms with van der Waals surface area (Å²) in [5.74, 6) is 0.609. The van der Waals surface area contributed by atoms with Gasteiger partial charge in [0.2, 0.25) is 5.91 Å². The molecule has 3 aliphatic rings. The van der Waals surface area contributed by atoms with Crippen LogP contribution >= 0.6 is 0 Å². The first-order valence-corrected chi connectivity index (χ1v) is 8.77. The van der Waals surface area contributed by atoms with Crippen LogP contribution in [0.1, 0.15) is 25.7 Å². The number of hydrogen-bond acceptors (Lipinski definition) is 5. The molecule has 6 heteroatoms. The van der Waals surface area contributed by atoms with Gasteiger partial charge >= 0.3 is 0 Å². The Bertz CT molecular complexity index is 632. The molecule has 0 radical (unpaired) electrons. The first-order chi connectivity index (χ1) is 11.6. The van der Waals surface area contributed by atoms with Crippen molar-refractivity contribution in [1.29, 1.82) is 0 Å². The van der Waals surface area contributed by atoms with Crippen LogP contribution in [-0.2, 0) is 9.53 Å². The number of ether oxygens (including phenoxy) is 2. The monoisotopic (exact) mass is 331 g/mol. The number of nitrogens with two attached hydrogens (primary N) is 1. The number of hydrogen-bond donors (Lipinski definition) is 1. The second-order valence-corrected chi connectivity index (χ2v) is 7.09. The summed E-state index contributed by atoms with van der Waals surface area (Å²) in [5, 5.41) is 0. The SMILES string of the molecule is CN1C(=O)[C@@H](N)COc2ccc(N3CCC4(CCCO4)CC3)cc21. The summed E-state index contributed by atoms with van der Waals surface area (Å²) >= 11 is 0. The van der Waals surface area contributed by atoms with Crippen LogP contribution in [-0.4, -0.2) is 50.9 Å². The maximum absolute atomic E-state index is 12.3. The maximum Gasteiger partial charge on any atom is 0.247 e. The molecule has 0 saturated carbocycles. The third-order valence-electron chi connectivity index (χ3n) is 5.59. The Hall–Kier alpha value is -1.79. The van der Waals surface area contributed by atoms with Gasteiger partial charge in [-0.25, -0.2) is 0 Å². The lowest BCUT2D eigenvalue weighted by molar-refractivity contribution is -0.119. The molecule has 3 heterocycles. The predicted octanol–water partition coefficient (Wildman–Crippen LogP) is 1.52. The molecule has 1 aromatic rings. The van der Waals surface area contributed by atoms with Gasteiger partial charge in [0.15, 0.2) is 0 Å². The van der Waals surface area contributed by atoms with Gasteiger partial charge in [-0.05, 0) is 43.9 Å². The van der Waals surface area contributed by atoms with E-state index in [1.54, 1.807) is 11.9 Å². The van der Waals surface area contributed by atoms with Gasteiger partial charge in [0.25, 0.3) is 0 Å². The number of rotatable bonds is 1. The van der Waals surface area contributed by atoms with Gasteiger partial charge in [0.1, 0.15) is 18.4 Å². The summed E-state index contributed by atoms with van der Waals surface area (Å²) in [4.78, 5) is 16.2. The molecule has 0 aliphatic carbocycles. The maximum atomic E-state index is 12.3. The van der Waals surface area contributed by atoms with Gasteiger partial charge in [0, 0.05) is 32.4 Å². The fourth-order valence-electron chi connectivity index (χ4n) is 4.03. The van der Waals surface area contributed by atoms with Crippen molar-refractivity contribution in [2.24, 2.45) is 5.73 Å². The molecule has 2 saturated heterocycles. The first-order valence-electron chi connectivity index (χ1n) is 8.77. The van der Waals surface area contributed by atoms with Gasteiger partial charge < -0.3 is 25.0 Å². The number of carbonyl (C=O) groups excluding carboxylic acids is 1. The predicted molar refractivity (Wildman–Crippen MR) is 92.7 cm³/mol. The summed E-state index contributed by atoms with van der Waals surface area (Å²) in [6, 6.07) is 5.45. The second-order valence-electron chi connectivity index (χ2n) is 7.09. The van der Waals surface area contributed by atoms with Gasteiger partial charge in [-0.15, -0.1) is 0 Å². The topological polar surface area (TPSA) is 68.0 Å². The summed E-state index contributed by atoms with van der Waals surface area (Å²) in [5.41, 5.74) is 7.89. The van der Waals surface area contributed by atoms with Gasteiger partial charge in [0.05, 0.1) is 11.3 Å². The van der Waals surface area contributed by atoms with E-state index in [1.165, 1.54) is 12.8 Å². The molecule has 1 amide bonds. The Kier molecular flexibility index (Phi) is 3.89. The Balaban J connectivity index is 1.54. The van der Waals surface area contributed by atoms with Crippen LogP contribution in [0.5, 0.6) is 5.75 Å². The molecule has 24 heavy (non-hydrogen) atoms. The highest BCUT2D eigenvalue weighted by Gasteiger charge is 2.38. The first kappa shape index (κ1) is 15.7. The summed E-state index contributed by atoms with van der Waals surface area (Å²) < 4.78 is 11.7. The van der Waals surface area contributed by atoms with Gasteiger partial charge in [-0.3, -0.25) is 4.79 Å². The lowest BCUT2D eigenvalue weighted by atomic mass is 9.88. The standard InChI is InChI=1S/C18H25N3O3/c1-20-15-11-13(3-4-16(15)23-12-14(19)17(20)22)21-8-6-18(7-9-21)5-2-10-24-18/h3-4,11,14H,2,5-10,12,19H2,1H3/t14-/m0/s1. The number of carbonyl (C=O) groups is 1. The molecule has 130 valence electrons. The van der Waals surface area contributed by atoms with Crippen LogP contribution in [0.2, 0.25) is 0 Å². The highest BCUT2D eigenvalue weighted by Crippen LogP contribution is 2.39. The fraction of sp³-hybridized carbons (Fsp3) is 0.611. The number of benzene rings is 1. The third kappa shape index (κ3) is 2.63. The number of nitrogens with zero attached hydrogens (tertiary/aromatic N) is 2. The van der Waals surface area contributed by atoms with E-state index >= 15 is 0 Å². The second kappa shape index (κ2) is 5.93. The number of anilines is 2. The van der Waals surface area contributed by atoms with E-state index in [9.17, 15) is 4.79 Å². The smallest absolute Gasteiger partial charge is 0.247 e. The average molecular weight is 331 g/mol. The van der Waals surface area contributed by atoms with E-state index < -0.39 is 6.04 Å². The number of likely N-dealkylation sites (N-methyl/N-ethyl adjacent to an activating group) is 1. The lowest BCUT2D eigenvalue weighted by Crippen LogP contribution is -2.44. The minimum absolute atomic E-state index is 0.108. The normalized spacial score (nSPS) is 26.2. The largest absolute Gasteiger partial charge is 0.489 e. The van der Waals surface area contributed by atoms with Crippen LogP contribution in [0.25, 0.3) is 0 Å². The lowest BCUT2D eigenvalue weighted by Gasteiger charge is -2.40. The van der Waals surface area contributed by atoms with Crippen molar-refractivity contribution < 1.29 is 14.3 Å². The number of amides is 1. The molecule has 0 bridgehead atoms. The Labute approximate surface area is 142 Å². The van der Waals surface area contributed by atoms with Crippen molar-refractivity contribution in [3.63, 3.8) is 0 Å². The van der Waals surface area contributed by atoms with Crippen molar-refractivity contribution in [2.45, 2.75) is 37.3 Å². The van der Waals surface area contributed by atoms with Gasteiger partial charge in [-0.1, -0.05) is 0 Å². The average Bonchev–Trinajstić information content (AvgIpc) is 3.03. The molecule has 1 atom stereocenters. The van der Waals surface area contributed by atoms with Crippen molar-refractivity contribution in [3.8, 4) is 5.75 Å². The van der Waals surface area contributed by atoms with E-state index in [0.29, 0.717) is 0 Å². The molecule has 2 N–H and O–H groups in total. The van der Waals surface area contributed by atoms with Crippen molar-refractivity contribution in [1.82, 2.24) is 0 Å². The number of piperidine rings is 1. The van der Waals surface area contributed by atoms with E-state index in [0.717, 1.165) is 49.7 Å². The van der Waals surface area contributed by atoms with Crippen LogP contribution in [0.3, 0.4) is 0 Å². The minimum atomic E-state index is -0.611. The third-order valence-corrected chi connectivity index (χ3v) is 5.59. The molecule has 2 fully saturated rings. The minimum Gasteiger partial charge on any atom is -0.489 e. The van der Waals surface area contributed by atoms with Crippen LogP contribution in [0.15, 0.2) is 18.2 Å². The quantitative estimate of drug-likeness (QED) is 0.845. The van der Waals surface area contributed by atoms with Gasteiger partial charge in [-0.2, -0.15) is 0 Å². The van der Waals surface area contributed by atoms with Crippen molar-refractivity contribution in [2.75, 3.05) is 43.2 Å². The van der Waals surface area contributed by atoms with Crippen LogP contribution in [0.4, 0.5) is 11.4 Å². The zero-order valence-corrected chi connectivity index (χ0v) is 14.2. The zero-order valence-electron chi connectivity index (χ0n) is 14.2. The van der Waals surface area contributed by atoms with Crippen LogP contribution in [0, 0.1) is 0 Å². The molecule has 0 aromatic heterocycles. The van der Waals surface area contributed by atoms with Crippen molar-refractivity contribution >= 4 is 17.3 Å². The van der Waals surface area contributed by atoms with Crippen molar-refractivity contribution in [3.05, 3.63) is 18.2 Å². The molecular formula is C18H25N3O3. The highest BCUT2D eigenvalue weighted by atomic mass is 16.5. The number of fused-ring (bicyclic) bond motifs is 1. The molecule has 1 spiro atoms. The Morgan fingerprint density at radius 3 is 2.75 bits per heavy atom. The molecule has 3 aliphatic heterocycles. The summed E-state index contributed by atoms with van der Waals surface area (Å²) in [6.07, 6.45) is 4.51. The molecule has 0 unspecified atom stereocenters. The van der Waals surface area contributed by atoms with E-state index in [1.807, 2.05) is 12.1 Å². The molecular weight excluding hydrogens is 306 g/mol. The summed E-state index contributed by atoms with van der Waals surface area (Å²) in [6.45, 7) is 3.09.